The smallest absolute Gasteiger partial charge is 0.258 e. The molecule has 4 aromatic rings. The van der Waals surface area contributed by atoms with Gasteiger partial charge in [-0.15, -0.1) is 0 Å². The first kappa shape index (κ1) is 22.0. The van der Waals surface area contributed by atoms with Crippen LogP contribution in [0.3, 0.4) is 0 Å². The van der Waals surface area contributed by atoms with Gasteiger partial charge in [0.15, 0.2) is 5.82 Å². The summed E-state index contributed by atoms with van der Waals surface area (Å²) < 4.78 is 18.5. The van der Waals surface area contributed by atoms with Crippen molar-refractivity contribution >= 4 is 33.7 Å². The summed E-state index contributed by atoms with van der Waals surface area (Å²) >= 11 is 0. The Morgan fingerprint density at radius 2 is 1.80 bits per heavy atom. The zero-order valence-electron chi connectivity index (χ0n) is 20.3. The summed E-state index contributed by atoms with van der Waals surface area (Å²) in [6.45, 7) is 5.55. The monoisotopic (exact) mass is 475 g/mol. The second kappa shape index (κ2) is 8.34. The summed E-state index contributed by atoms with van der Waals surface area (Å²) in [6, 6.07) is 5.11. The first-order valence-electron chi connectivity index (χ1n) is 12.3. The number of hydrogen-bond donors (Lipinski definition) is 2. The third-order valence-electron chi connectivity index (χ3n) is 7.13. The third kappa shape index (κ3) is 4.03. The van der Waals surface area contributed by atoms with Gasteiger partial charge in [0.1, 0.15) is 11.0 Å². The molecule has 0 bridgehead atoms. The Morgan fingerprint density at radius 1 is 1.06 bits per heavy atom. The molecule has 1 saturated carbocycles. The lowest BCUT2D eigenvalue weighted by atomic mass is 10.0. The average molecular weight is 476 g/mol. The van der Waals surface area contributed by atoms with Gasteiger partial charge in [-0.2, -0.15) is 5.10 Å². The van der Waals surface area contributed by atoms with Crippen molar-refractivity contribution in [3.63, 3.8) is 0 Å². The molecule has 1 amide bonds. The molecule has 1 saturated heterocycles. The van der Waals surface area contributed by atoms with Gasteiger partial charge < -0.3 is 19.9 Å². The maximum Gasteiger partial charge on any atom is 0.258 e. The zero-order valence-corrected chi connectivity index (χ0v) is 20.3. The van der Waals surface area contributed by atoms with E-state index in [0.717, 1.165) is 48.7 Å². The van der Waals surface area contributed by atoms with E-state index in [0.29, 0.717) is 28.3 Å². The van der Waals surface area contributed by atoms with Crippen molar-refractivity contribution in [2.75, 3.05) is 23.3 Å². The maximum atomic E-state index is 15.1. The zero-order chi connectivity index (χ0) is 24.3. The SMILES string of the molecule is Cc1cn2cc(NC(=O)c3ccc(N4CCC(NC5CC5)CC4)c4cn(C)nc34)c(F)c2c(C)n1. The molecular weight excluding hydrogens is 445 g/mol. The molecule has 0 atom stereocenters. The molecule has 2 fully saturated rings. The van der Waals surface area contributed by atoms with Crippen molar-refractivity contribution in [3.8, 4) is 0 Å². The van der Waals surface area contributed by atoms with E-state index in [9.17, 15) is 4.79 Å². The number of amides is 1. The van der Waals surface area contributed by atoms with Gasteiger partial charge in [-0.1, -0.05) is 0 Å². The number of fused-ring (bicyclic) bond motifs is 2. The van der Waals surface area contributed by atoms with Gasteiger partial charge >= 0.3 is 0 Å². The molecule has 35 heavy (non-hydrogen) atoms. The summed E-state index contributed by atoms with van der Waals surface area (Å²) in [4.78, 5) is 20.0. The number of aromatic nitrogens is 4. The van der Waals surface area contributed by atoms with E-state index in [-0.39, 0.29) is 11.6 Å². The number of rotatable bonds is 5. The van der Waals surface area contributed by atoms with Gasteiger partial charge in [0, 0.05) is 61.9 Å². The van der Waals surface area contributed by atoms with Crippen molar-refractivity contribution in [3.05, 3.63) is 53.5 Å². The van der Waals surface area contributed by atoms with E-state index < -0.39 is 5.82 Å². The number of anilines is 2. The molecule has 1 aliphatic heterocycles. The minimum Gasteiger partial charge on any atom is -0.371 e. The van der Waals surface area contributed by atoms with Gasteiger partial charge in [-0.25, -0.2) is 4.39 Å². The second-order valence-electron chi connectivity index (χ2n) is 9.93. The Bertz CT molecular complexity index is 1440. The summed E-state index contributed by atoms with van der Waals surface area (Å²) in [7, 11) is 1.86. The molecule has 4 heterocycles. The topological polar surface area (TPSA) is 79.5 Å². The van der Waals surface area contributed by atoms with Crippen LogP contribution in [-0.4, -0.2) is 50.2 Å². The van der Waals surface area contributed by atoms with Crippen LogP contribution in [-0.2, 0) is 7.05 Å². The molecule has 1 aromatic carbocycles. The first-order valence-corrected chi connectivity index (χ1v) is 12.3. The molecule has 0 radical (unpaired) electrons. The number of piperidine rings is 1. The highest BCUT2D eigenvalue weighted by Gasteiger charge is 2.28. The predicted octanol–water partition coefficient (Wildman–Crippen LogP) is 3.95. The van der Waals surface area contributed by atoms with Crippen LogP contribution >= 0.6 is 0 Å². The Hall–Kier alpha value is -3.46. The van der Waals surface area contributed by atoms with Crippen LogP contribution in [0.25, 0.3) is 16.4 Å². The Balaban J connectivity index is 1.28. The van der Waals surface area contributed by atoms with Crippen molar-refractivity contribution in [1.82, 2.24) is 24.5 Å². The average Bonchev–Trinajstić information content (AvgIpc) is 3.46. The number of halogens is 1. The number of carbonyl (C=O) groups excluding carboxylic acids is 1. The Labute approximate surface area is 203 Å². The molecule has 0 unspecified atom stereocenters. The molecule has 8 nitrogen and oxygen atoms in total. The molecule has 2 N–H and O–H groups in total. The highest BCUT2D eigenvalue weighted by Crippen LogP contribution is 2.32. The third-order valence-corrected chi connectivity index (χ3v) is 7.13. The highest BCUT2D eigenvalue weighted by atomic mass is 19.1. The van der Waals surface area contributed by atoms with Crippen LogP contribution in [0.2, 0.25) is 0 Å². The van der Waals surface area contributed by atoms with Crippen molar-refractivity contribution in [1.29, 1.82) is 0 Å². The molecular formula is C26H30FN7O. The molecule has 0 spiro atoms. The van der Waals surface area contributed by atoms with Crippen LogP contribution in [0, 0.1) is 19.7 Å². The number of nitrogens with one attached hydrogen (secondary N) is 2. The van der Waals surface area contributed by atoms with Crippen LogP contribution in [0.4, 0.5) is 15.8 Å². The standard InChI is InChI=1S/C26H30FN7O/c1-15-12-34-14-21(23(27)25(34)16(2)28-15)30-26(35)19-6-7-22(20-13-32(3)31-24(19)20)33-10-8-18(9-11-33)29-17-4-5-17/h6-7,12-14,17-18,29H,4-5,8-11H2,1-3H3,(H,30,35). The van der Waals surface area contributed by atoms with E-state index in [2.05, 4.69) is 25.6 Å². The molecule has 1 aliphatic carbocycles. The number of aryl methyl sites for hydroxylation is 3. The van der Waals surface area contributed by atoms with E-state index in [1.807, 2.05) is 26.2 Å². The largest absolute Gasteiger partial charge is 0.371 e. The summed E-state index contributed by atoms with van der Waals surface area (Å²) in [5, 5.41) is 12.0. The lowest BCUT2D eigenvalue weighted by Crippen LogP contribution is -2.43. The first-order chi connectivity index (χ1) is 16.9. The molecule has 6 rings (SSSR count). The molecule has 182 valence electrons. The number of hydrogen-bond acceptors (Lipinski definition) is 5. The quantitative estimate of drug-likeness (QED) is 0.457. The van der Waals surface area contributed by atoms with Crippen molar-refractivity contribution in [2.45, 2.75) is 51.6 Å². The number of carbonyl (C=O) groups is 1. The fraction of sp³-hybridized carbons (Fsp3) is 0.423. The minimum absolute atomic E-state index is 0.129. The molecule has 3 aromatic heterocycles. The van der Waals surface area contributed by atoms with Crippen molar-refractivity contribution < 1.29 is 9.18 Å². The van der Waals surface area contributed by atoms with Gasteiger partial charge in [-0.05, 0) is 51.7 Å². The fourth-order valence-electron chi connectivity index (χ4n) is 5.31. The van der Waals surface area contributed by atoms with Gasteiger partial charge in [0.05, 0.1) is 22.6 Å². The van der Waals surface area contributed by atoms with Crippen molar-refractivity contribution in [2.24, 2.45) is 7.05 Å². The lowest BCUT2D eigenvalue weighted by Gasteiger charge is -2.34. The minimum atomic E-state index is -0.486. The summed E-state index contributed by atoms with van der Waals surface area (Å²) in [6.07, 6.45) is 10.1. The number of nitrogens with zero attached hydrogens (tertiary/aromatic N) is 5. The Kier molecular flexibility index (Phi) is 5.25. The van der Waals surface area contributed by atoms with Crippen LogP contribution in [0.1, 0.15) is 47.4 Å². The van der Waals surface area contributed by atoms with E-state index in [1.165, 1.54) is 12.8 Å². The van der Waals surface area contributed by atoms with E-state index in [4.69, 9.17) is 0 Å². The van der Waals surface area contributed by atoms with E-state index >= 15 is 4.39 Å². The van der Waals surface area contributed by atoms with Crippen LogP contribution in [0.5, 0.6) is 0 Å². The van der Waals surface area contributed by atoms with Gasteiger partial charge in [-0.3, -0.25) is 14.5 Å². The predicted molar refractivity (Wildman–Crippen MR) is 135 cm³/mol. The second-order valence-corrected chi connectivity index (χ2v) is 9.93. The molecule has 9 heteroatoms. The van der Waals surface area contributed by atoms with Gasteiger partial charge in [0.25, 0.3) is 5.91 Å². The lowest BCUT2D eigenvalue weighted by molar-refractivity contribution is 0.102. The van der Waals surface area contributed by atoms with Crippen LogP contribution in [0.15, 0.2) is 30.7 Å². The van der Waals surface area contributed by atoms with Crippen LogP contribution < -0.4 is 15.5 Å². The Morgan fingerprint density at radius 3 is 2.54 bits per heavy atom. The van der Waals surface area contributed by atoms with E-state index in [1.54, 1.807) is 34.5 Å². The summed E-state index contributed by atoms with van der Waals surface area (Å²) in [5.74, 6) is -0.871. The summed E-state index contributed by atoms with van der Waals surface area (Å²) in [5.41, 5.74) is 3.99. The normalized spacial score (nSPS) is 17.0. The molecule has 2 aliphatic rings. The number of benzene rings is 1. The maximum absolute atomic E-state index is 15.1. The van der Waals surface area contributed by atoms with Gasteiger partial charge in [0.2, 0.25) is 0 Å². The fourth-order valence-corrected chi connectivity index (χ4v) is 5.31. The highest BCUT2D eigenvalue weighted by molar-refractivity contribution is 6.14.